The molecule has 5 nitrogen and oxygen atoms in total. The third-order valence-electron chi connectivity index (χ3n) is 2.16. The van der Waals surface area contributed by atoms with Gasteiger partial charge in [-0.15, -0.1) is 0 Å². The summed E-state index contributed by atoms with van der Waals surface area (Å²) >= 11 is 0. The highest BCUT2D eigenvalue weighted by Crippen LogP contribution is 2.09. The van der Waals surface area contributed by atoms with E-state index in [0.29, 0.717) is 0 Å². The first-order valence-corrected chi connectivity index (χ1v) is 4.66. The SMILES string of the molecule is COc1cc(=O)n(C(C)(C)C)c(=O)n1C. The molecule has 0 N–H and O–H groups in total. The van der Waals surface area contributed by atoms with Gasteiger partial charge in [-0.25, -0.2) is 4.79 Å². The average molecular weight is 212 g/mol. The summed E-state index contributed by atoms with van der Waals surface area (Å²) in [6, 6.07) is 1.31. The number of hydrogen-bond acceptors (Lipinski definition) is 3. The van der Waals surface area contributed by atoms with Crippen LogP contribution in [0.4, 0.5) is 0 Å². The van der Waals surface area contributed by atoms with Crippen LogP contribution in [0.2, 0.25) is 0 Å². The summed E-state index contributed by atoms with van der Waals surface area (Å²) in [6.45, 7) is 5.42. The lowest BCUT2D eigenvalue weighted by Gasteiger charge is -2.22. The van der Waals surface area contributed by atoms with Crippen molar-refractivity contribution >= 4 is 0 Å². The van der Waals surface area contributed by atoms with Crippen molar-refractivity contribution in [3.63, 3.8) is 0 Å². The van der Waals surface area contributed by atoms with Crippen LogP contribution in [0, 0.1) is 0 Å². The molecule has 1 rings (SSSR count). The number of rotatable bonds is 1. The first kappa shape index (κ1) is 11.6. The van der Waals surface area contributed by atoms with E-state index in [0.717, 1.165) is 0 Å². The zero-order valence-corrected chi connectivity index (χ0v) is 9.70. The number of aromatic nitrogens is 2. The van der Waals surface area contributed by atoms with Gasteiger partial charge in [0.25, 0.3) is 5.56 Å². The van der Waals surface area contributed by atoms with Crippen LogP contribution < -0.4 is 16.0 Å². The van der Waals surface area contributed by atoms with Gasteiger partial charge in [0.1, 0.15) is 0 Å². The zero-order chi connectivity index (χ0) is 11.8. The van der Waals surface area contributed by atoms with Crippen molar-refractivity contribution in [1.82, 2.24) is 9.13 Å². The fraction of sp³-hybridized carbons (Fsp3) is 0.600. The topological polar surface area (TPSA) is 53.2 Å². The van der Waals surface area contributed by atoms with Gasteiger partial charge in [-0.05, 0) is 20.8 Å². The van der Waals surface area contributed by atoms with Gasteiger partial charge in [0.2, 0.25) is 5.88 Å². The molecule has 0 aliphatic carbocycles. The van der Waals surface area contributed by atoms with Crippen LogP contribution >= 0.6 is 0 Å². The molecule has 0 aliphatic rings. The van der Waals surface area contributed by atoms with Gasteiger partial charge in [0.05, 0.1) is 13.2 Å². The summed E-state index contributed by atoms with van der Waals surface area (Å²) in [5.41, 5.74) is -1.24. The molecule has 0 atom stereocenters. The molecule has 0 unspecified atom stereocenters. The van der Waals surface area contributed by atoms with E-state index in [-0.39, 0.29) is 17.1 Å². The van der Waals surface area contributed by atoms with E-state index in [9.17, 15) is 9.59 Å². The predicted molar refractivity (Wildman–Crippen MR) is 57.5 cm³/mol. The molecule has 0 aliphatic heterocycles. The minimum Gasteiger partial charge on any atom is -0.482 e. The van der Waals surface area contributed by atoms with Gasteiger partial charge in [-0.2, -0.15) is 0 Å². The fourth-order valence-corrected chi connectivity index (χ4v) is 1.42. The Morgan fingerprint density at radius 1 is 1.27 bits per heavy atom. The minimum absolute atomic E-state index is 0.269. The molecule has 0 radical (unpaired) electrons. The van der Waals surface area contributed by atoms with Gasteiger partial charge < -0.3 is 4.74 Å². The van der Waals surface area contributed by atoms with Gasteiger partial charge in [-0.3, -0.25) is 13.9 Å². The Morgan fingerprint density at radius 2 is 1.80 bits per heavy atom. The van der Waals surface area contributed by atoms with Crippen LogP contribution in [-0.4, -0.2) is 16.2 Å². The Kier molecular flexibility index (Phi) is 2.75. The highest BCUT2D eigenvalue weighted by Gasteiger charge is 2.20. The van der Waals surface area contributed by atoms with E-state index in [1.807, 2.05) is 20.8 Å². The first-order chi connectivity index (χ1) is 6.79. The molecule has 15 heavy (non-hydrogen) atoms. The van der Waals surface area contributed by atoms with Crippen LogP contribution in [0.3, 0.4) is 0 Å². The lowest BCUT2D eigenvalue weighted by molar-refractivity contribution is 0.327. The van der Waals surface area contributed by atoms with E-state index in [1.165, 1.54) is 22.3 Å². The summed E-state index contributed by atoms with van der Waals surface area (Å²) < 4.78 is 7.44. The van der Waals surface area contributed by atoms with Crippen molar-refractivity contribution in [3.8, 4) is 5.88 Å². The third kappa shape index (κ3) is 1.95. The van der Waals surface area contributed by atoms with Crippen molar-refractivity contribution in [2.45, 2.75) is 26.3 Å². The standard InChI is InChI=1S/C10H16N2O3/c1-10(2,3)12-7(13)6-8(15-5)11(4)9(12)14/h6H,1-5H3. The van der Waals surface area contributed by atoms with Crippen molar-refractivity contribution in [2.75, 3.05) is 7.11 Å². The summed E-state index contributed by atoms with van der Waals surface area (Å²) in [5.74, 6) is 0.269. The number of nitrogens with zero attached hydrogens (tertiary/aromatic N) is 2. The third-order valence-corrected chi connectivity index (χ3v) is 2.16. The van der Waals surface area contributed by atoms with Gasteiger partial charge in [0, 0.05) is 12.6 Å². The molecule has 0 spiro atoms. The largest absolute Gasteiger partial charge is 0.482 e. The van der Waals surface area contributed by atoms with E-state index in [2.05, 4.69) is 0 Å². The summed E-state index contributed by atoms with van der Waals surface area (Å²) in [4.78, 5) is 23.6. The molecule has 84 valence electrons. The Balaban J connectivity index is 3.66. The Labute approximate surface area is 87.9 Å². The number of methoxy groups -OCH3 is 1. The van der Waals surface area contributed by atoms with E-state index >= 15 is 0 Å². The minimum atomic E-state index is -0.530. The number of ether oxygens (including phenoxy) is 1. The summed E-state index contributed by atoms with van der Waals surface area (Å²) in [7, 11) is 3.00. The van der Waals surface area contributed by atoms with Gasteiger partial charge >= 0.3 is 5.69 Å². The number of hydrogen-bond donors (Lipinski definition) is 0. The molecule has 0 aromatic carbocycles. The van der Waals surface area contributed by atoms with E-state index in [1.54, 1.807) is 7.05 Å². The summed E-state index contributed by atoms with van der Waals surface area (Å²) in [6.07, 6.45) is 0. The quantitative estimate of drug-likeness (QED) is 0.673. The highest BCUT2D eigenvalue weighted by molar-refractivity contribution is 5.09. The van der Waals surface area contributed by atoms with Crippen molar-refractivity contribution < 1.29 is 4.74 Å². The monoisotopic (exact) mass is 212 g/mol. The maximum atomic E-state index is 11.9. The molecule has 0 bridgehead atoms. The first-order valence-electron chi connectivity index (χ1n) is 4.66. The van der Waals surface area contributed by atoms with Crippen molar-refractivity contribution in [1.29, 1.82) is 0 Å². The molecule has 0 fully saturated rings. The maximum absolute atomic E-state index is 11.9. The van der Waals surface area contributed by atoms with Gasteiger partial charge in [-0.1, -0.05) is 0 Å². The molecular weight excluding hydrogens is 196 g/mol. The van der Waals surface area contributed by atoms with E-state index in [4.69, 9.17) is 4.74 Å². The van der Waals surface area contributed by atoms with Crippen LogP contribution in [0.25, 0.3) is 0 Å². The molecule has 1 heterocycles. The highest BCUT2D eigenvalue weighted by atomic mass is 16.5. The van der Waals surface area contributed by atoms with Crippen LogP contribution in [-0.2, 0) is 12.6 Å². The van der Waals surface area contributed by atoms with Crippen LogP contribution in [0.15, 0.2) is 15.7 Å². The maximum Gasteiger partial charge on any atom is 0.334 e. The second kappa shape index (κ2) is 3.56. The van der Waals surface area contributed by atoms with Crippen molar-refractivity contribution in [2.24, 2.45) is 7.05 Å². The second-order valence-corrected chi connectivity index (χ2v) is 4.37. The second-order valence-electron chi connectivity index (χ2n) is 4.37. The van der Waals surface area contributed by atoms with Gasteiger partial charge in [0.15, 0.2) is 0 Å². The predicted octanol–water partition coefficient (Wildman–Crippen LogP) is 0.311. The molecule has 0 amide bonds. The molecular formula is C10H16N2O3. The Bertz CT molecular complexity index is 477. The molecule has 5 heteroatoms. The Morgan fingerprint density at radius 3 is 2.20 bits per heavy atom. The van der Waals surface area contributed by atoms with E-state index < -0.39 is 5.54 Å². The lowest BCUT2D eigenvalue weighted by atomic mass is 10.1. The fourth-order valence-electron chi connectivity index (χ4n) is 1.42. The normalized spacial score (nSPS) is 11.5. The molecule has 0 saturated carbocycles. The van der Waals surface area contributed by atoms with Crippen LogP contribution in [0.1, 0.15) is 20.8 Å². The average Bonchev–Trinajstić information content (AvgIpc) is 2.09. The zero-order valence-electron chi connectivity index (χ0n) is 9.70. The molecule has 1 aromatic rings. The molecule has 0 saturated heterocycles. The van der Waals surface area contributed by atoms with Crippen molar-refractivity contribution in [3.05, 3.63) is 26.9 Å². The van der Waals surface area contributed by atoms with Crippen LogP contribution in [0.5, 0.6) is 5.88 Å². The molecule has 1 aromatic heterocycles. The lowest BCUT2D eigenvalue weighted by Crippen LogP contribution is -2.46. The summed E-state index contributed by atoms with van der Waals surface area (Å²) in [5, 5.41) is 0. The smallest absolute Gasteiger partial charge is 0.334 e. The Hall–Kier alpha value is -1.52.